The van der Waals surface area contributed by atoms with Gasteiger partial charge in [-0.15, -0.1) is 0 Å². The molecule has 0 aliphatic heterocycles. The zero-order valence-electron chi connectivity index (χ0n) is 7.03. The molecule has 1 atom stereocenters. The highest BCUT2D eigenvalue weighted by molar-refractivity contribution is 5.75. The summed E-state index contributed by atoms with van der Waals surface area (Å²) in [7, 11) is 1.16. The summed E-state index contributed by atoms with van der Waals surface area (Å²) in [6, 6.07) is 5.18. The van der Waals surface area contributed by atoms with Crippen molar-refractivity contribution in [2.75, 3.05) is 7.11 Å². The first-order chi connectivity index (χ1) is 6.15. The molecule has 0 saturated carbocycles. The zero-order valence-corrected chi connectivity index (χ0v) is 7.03. The maximum atomic E-state index is 12.6. The molecule has 4 heteroatoms. The van der Waals surface area contributed by atoms with Crippen LogP contribution in [0, 0.1) is 5.82 Å². The Labute approximate surface area is 74.8 Å². The Bertz CT molecular complexity index is 311. The number of esters is 1. The molecule has 1 aromatic rings. The average molecular weight is 184 g/mol. The fourth-order valence-corrected chi connectivity index (χ4v) is 0.924. The summed E-state index contributed by atoms with van der Waals surface area (Å²) in [5.41, 5.74) is 0.187. The lowest BCUT2D eigenvalue weighted by Gasteiger charge is -2.07. The van der Waals surface area contributed by atoms with Crippen LogP contribution in [0.4, 0.5) is 4.39 Å². The van der Waals surface area contributed by atoms with E-state index in [9.17, 15) is 14.3 Å². The van der Waals surface area contributed by atoms with Crippen molar-refractivity contribution in [1.29, 1.82) is 0 Å². The Hall–Kier alpha value is -1.42. The number of hydrogen-bond acceptors (Lipinski definition) is 3. The molecule has 0 unspecified atom stereocenters. The van der Waals surface area contributed by atoms with Crippen molar-refractivity contribution in [3.63, 3.8) is 0 Å². The van der Waals surface area contributed by atoms with Crippen LogP contribution in [0.3, 0.4) is 0 Å². The summed E-state index contributed by atoms with van der Waals surface area (Å²) < 4.78 is 16.9. The molecule has 0 amide bonds. The van der Waals surface area contributed by atoms with Gasteiger partial charge in [-0.3, -0.25) is 0 Å². The molecule has 1 N–H and O–H groups in total. The molecule has 70 valence electrons. The molecule has 0 bridgehead atoms. The highest BCUT2D eigenvalue weighted by Crippen LogP contribution is 2.14. The Morgan fingerprint density at radius 2 is 2.31 bits per heavy atom. The molecule has 0 radical (unpaired) electrons. The summed E-state index contributed by atoms with van der Waals surface area (Å²) in [4.78, 5) is 10.8. The van der Waals surface area contributed by atoms with Crippen LogP contribution in [0.1, 0.15) is 11.7 Å². The number of hydrogen-bond donors (Lipinski definition) is 1. The quantitative estimate of drug-likeness (QED) is 0.698. The maximum absolute atomic E-state index is 12.6. The predicted molar refractivity (Wildman–Crippen MR) is 43.4 cm³/mol. The smallest absolute Gasteiger partial charge is 0.339 e. The Balaban J connectivity index is 2.88. The van der Waals surface area contributed by atoms with Crippen molar-refractivity contribution < 1.29 is 19.0 Å². The van der Waals surface area contributed by atoms with Gasteiger partial charge in [0.25, 0.3) is 0 Å². The molecule has 1 rings (SSSR count). The number of methoxy groups -OCH3 is 1. The van der Waals surface area contributed by atoms with E-state index in [1.165, 1.54) is 18.2 Å². The summed E-state index contributed by atoms with van der Waals surface area (Å²) in [6.45, 7) is 0. The van der Waals surface area contributed by atoms with E-state index in [1.54, 1.807) is 0 Å². The van der Waals surface area contributed by atoms with Gasteiger partial charge in [-0.05, 0) is 17.7 Å². The molecule has 0 aliphatic carbocycles. The first kappa shape index (κ1) is 9.67. The number of rotatable bonds is 2. The minimum atomic E-state index is -1.42. The van der Waals surface area contributed by atoms with Crippen molar-refractivity contribution in [2.24, 2.45) is 0 Å². The van der Waals surface area contributed by atoms with Crippen LogP contribution >= 0.6 is 0 Å². The topological polar surface area (TPSA) is 46.5 Å². The number of halogens is 1. The van der Waals surface area contributed by atoms with E-state index in [1.807, 2.05) is 0 Å². The van der Waals surface area contributed by atoms with Crippen molar-refractivity contribution in [3.8, 4) is 0 Å². The van der Waals surface area contributed by atoms with E-state index >= 15 is 0 Å². The zero-order chi connectivity index (χ0) is 9.84. The standard InChI is InChI=1S/C9H9FO3/c1-13-9(12)8(11)6-3-2-4-7(10)5-6/h2-5,8,11H,1H3/t8-/m1/s1. The molecule has 0 aromatic heterocycles. The van der Waals surface area contributed by atoms with E-state index in [2.05, 4.69) is 4.74 Å². The van der Waals surface area contributed by atoms with Crippen LogP contribution in [0.2, 0.25) is 0 Å². The third-order valence-corrected chi connectivity index (χ3v) is 1.59. The third kappa shape index (κ3) is 2.26. The SMILES string of the molecule is COC(=O)[C@H](O)c1cccc(F)c1. The molecule has 0 aliphatic rings. The van der Waals surface area contributed by atoms with Crippen molar-refractivity contribution in [1.82, 2.24) is 0 Å². The van der Waals surface area contributed by atoms with Gasteiger partial charge in [0.1, 0.15) is 5.82 Å². The van der Waals surface area contributed by atoms with Gasteiger partial charge in [0.2, 0.25) is 0 Å². The normalized spacial score (nSPS) is 12.2. The average Bonchev–Trinajstić information content (AvgIpc) is 2.15. The lowest BCUT2D eigenvalue weighted by molar-refractivity contribution is -0.150. The molecule has 0 saturated heterocycles. The highest BCUT2D eigenvalue weighted by Gasteiger charge is 2.17. The molecular formula is C9H9FO3. The van der Waals surface area contributed by atoms with E-state index in [0.29, 0.717) is 0 Å². The van der Waals surface area contributed by atoms with Crippen LogP contribution < -0.4 is 0 Å². The lowest BCUT2D eigenvalue weighted by Crippen LogP contribution is -2.13. The number of benzene rings is 1. The fourth-order valence-electron chi connectivity index (χ4n) is 0.924. The second kappa shape index (κ2) is 4.00. The van der Waals surface area contributed by atoms with E-state index < -0.39 is 17.9 Å². The first-order valence-corrected chi connectivity index (χ1v) is 3.66. The van der Waals surface area contributed by atoms with Gasteiger partial charge in [0.05, 0.1) is 7.11 Å². The van der Waals surface area contributed by atoms with Gasteiger partial charge in [-0.1, -0.05) is 12.1 Å². The minimum Gasteiger partial charge on any atom is -0.467 e. The molecule has 0 fully saturated rings. The highest BCUT2D eigenvalue weighted by atomic mass is 19.1. The van der Waals surface area contributed by atoms with E-state index in [-0.39, 0.29) is 5.56 Å². The van der Waals surface area contributed by atoms with Crippen molar-refractivity contribution in [3.05, 3.63) is 35.6 Å². The van der Waals surface area contributed by atoms with E-state index in [4.69, 9.17) is 0 Å². The monoisotopic (exact) mass is 184 g/mol. The molecule has 3 nitrogen and oxygen atoms in total. The number of aliphatic hydroxyl groups is 1. The number of aliphatic hydroxyl groups excluding tert-OH is 1. The summed E-state index contributed by atoms with van der Waals surface area (Å²) in [6.07, 6.45) is -1.42. The molecule has 1 aromatic carbocycles. The number of carbonyl (C=O) groups excluding carboxylic acids is 1. The van der Waals surface area contributed by atoms with Crippen molar-refractivity contribution in [2.45, 2.75) is 6.10 Å². The minimum absolute atomic E-state index is 0.187. The van der Waals surface area contributed by atoms with Gasteiger partial charge < -0.3 is 9.84 Å². The van der Waals surface area contributed by atoms with Crippen molar-refractivity contribution >= 4 is 5.97 Å². The summed E-state index contributed by atoms with van der Waals surface area (Å²) in [5, 5.41) is 9.27. The van der Waals surface area contributed by atoms with Gasteiger partial charge in [-0.2, -0.15) is 0 Å². The summed E-state index contributed by atoms with van der Waals surface area (Å²) >= 11 is 0. The van der Waals surface area contributed by atoms with Crippen LogP contribution in [-0.2, 0) is 9.53 Å². The molecule has 0 spiro atoms. The van der Waals surface area contributed by atoms with Gasteiger partial charge >= 0.3 is 5.97 Å². The number of ether oxygens (including phenoxy) is 1. The van der Waals surface area contributed by atoms with Crippen LogP contribution in [0.15, 0.2) is 24.3 Å². The molecule has 13 heavy (non-hydrogen) atoms. The van der Waals surface area contributed by atoms with E-state index in [0.717, 1.165) is 13.2 Å². The molecular weight excluding hydrogens is 175 g/mol. The Kier molecular flexibility index (Phi) is 2.97. The molecule has 0 heterocycles. The Morgan fingerprint density at radius 3 is 2.85 bits per heavy atom. The predicted octanol–water partition coefficient (Wildman–Crippen LogP) is 1.03. The second-order valence-electron chi connectivity index (χ2n) is 2.48. The van der Waals surface area contributed by atoms with Gasteiger partial charge in [0.15, 0.2) is 6.10 Å². The number of carbonyl (C=O) groups is 1. The largest absolute Gasteiger partial charge is 0.467 e. The van der Waals surface area contributed by atoms with Crippen LogP contribution in [0.5, 0.6) is 0 Å². The van der Waals surface area contributed by atoms with Crippen LogP contribution in [0.25, 0.3) is 0 Å². The van der Waals surface area contributed by atoms with Crippen LogP contribution in [-0.4, -0.2) is 18.2 Å². The fraction of sp³-hybridized carbons (Fsp3) is 0.222. The second-order valence-corrected chi connectivity index (χ2v) is 2.48. The maximum Gasteiger partial charge on any atom is 0.339 e. The third-order valence-electron chi connectivity index (χ3n) is 1.59. The summed E-state index contributed by atoms with van der Waals surface area (Å²) in [5.74, 6) is -1.30. The van der Waals surface area contributed by atoms with Gasteiger partial charge in [0, 0.05) is 0 Å². The van der Waals surface area contributed by atoms with Gasteiger partial charge in [-0.25, -0.2) is 9.18 Å². The lowest BCUT2D eigenvalue weighted by atomic mass is 10.1. The first-order valence-electron chi connectivity index (χ1n) is 3.66. The Morgan fingerprint density at radius 1 is 1.62 bits per heavy atom.